The number of imide groups is 1. The Labute approximate surface area is 163 Å². The van der Waals surface area contributed by atoms with Gasteiger partial charge in [-0.05, 0) is 36.5 Å². The molecule has 1 aromatic rings. The molecular weight excluding hydrogens is 364 g/mol. The number of urea groups is 1. The van der Waals surface area contributed by atoms with Crippen LogP contribution in [-0.2, 0) is 25.7 Å². The third kappa shape index (κ3) is 3.72. The standard InChI is InChI=1S/C20H24N2O6/c1-13-6-3-4-9-20(13)18(25)22(19(26)21-20)11-16(23)28-12-14-7-5-8-15(10-14)17(24)27-2/h5,7-8,10,13H,3-4,6,9,11-12H2,1-2H3,(H,21,26)/t13-,20-/m1/s1. The number of rotatable bonds is 5. The molecule has 0 radical (unpaired) electrons. The first-order valence-corrected chi connectivity index (χ1v) is 9.34. The van der Waals surface area contributed by atoms with Gasteiger partial charge in [-0.3, -0.25) is 14.5 Å². The van der Waals surface area contributed by atoms with Crippen molar-refractivity contribution in [3.63, 3.8) is 0 Å². The maximum absolute atomic E-state index is 12.8. The van der Waals surface area contributed by atoms with E-state index in [4.69, 9.17) is 4.74 Å². The molecule has 0 unspecified atom stereocenters. The van der Waals surface area contributed by atoms with Gasteiger partial charge in [0, 0.05) is 0 Å². The van der Waals surface area contributed by atoms with E-state index < -0.39 is 30.1 Å². The Bertz CT molecular complexity index is 808. The first kappa shape index (κ1) is 19.9. The highest BCUT2D eigenvalue weighted by Gasteiger charge is 2.55. The predicted octanol–water partition coefficient (Wildman–Crippen LogP) is 2.02. The lowest BCUT2D eigenvalue weighted by Crippen LogP contribution is -2.54. The van der Waals surface area contributed by atoms with Gasteiger partial charge in [-0.15, -0.1) is 0 Å². The summed E-state index contributed by atoms with van der Waals surface area (Å²) in [4.78, 5) is 49.9. The maximum Gasteiger partial charge on any atom is 0.337 e. The van der Waals surface area contributed by atoms with E-state index in [1.807, 2.05) is 6.92 Å². The van der Waals surface area contributed by atoms with Crippen LogP contribution in [-0.4, -0.2) is 48.0 Å². The number of carbonyl (C=O) groups excluding carboxylic acids is 4. The summed E-state index contributed by atoms with van der Waals surface area (Å²) in [5.41, 5.74) is 0.0500. The summed E-state index contributed by atoms with van der Waals surface area (Å²) < 4.78 is 9.85. The predicted molar refractivity (Wildman–Crippen MR) is 98.2 cm³/mol. The number of amides is 3. The fourth-order valence-corrected chi connectivity index (χ4v) is 3.88. The first-order chi connectivity index (χ1) is 13.4. The minimum atomic E-state index is -0.898. The molecule has 150 valence electrons. The van der Waals surface area contributed by atoms with Gasteiger partial charge in [0.2, 0.25) is 0 Å². The second-order valence-electron chi connectivity index (χ2n) is 7.29. The van der Waals surface area contributed by atoms with E-state index in [1.54, 1.807) is 24.3 Å². The van der Waals surface area contributed by atoms with Gasteiger partial charge in [-0.25, -0.2) is 9.59 Å². The van der Waals surface area contributed by atoms with Crippen LogP contribution in [0.5, 0.6) is 0 Å². The topological polar surface area (TPSA) is 102 Å². The van der Waals surface area contributed by atoms with Crippen molar-refractivity contribution in [2.75, 3.05) is 13.7 Å². The summed E-state index contributed by atoms with van der Waals surface area (Å²) in [6.45, 7) is 1.44. The molecule has 1 saturated heterocycles. The van der Waals surface area contributed by atoms with Gasteiger partial charge in [-0.2, -0.15) is 0 Å². The van der Waals surface area contributed by atoms with Gasteiger partial charge in [0.05, 0.1) is 12.7 Å². The number of benzene rings is 1. The molecule has 1 aliphatic heterocycles. The van der Waals surface area contributed by atoms with Crippen LogP contribution in [0.3, 0.4) is 0 Å². The van der Waals surface area contributed by atoms with Crippen molar-refractivity contribution in [3.8, 4) is 0 Å². The number of esters is 2. The van der Waals surface area contributed by atoms with Crippen molar-refractivity contribution in [2.24, 2.45) is 5.92 Å². The van der Waals surface area contributed by atoms with Crippen molar-refractivity contribution < 1.29 is 28.7 Å². The fourth-order valence-electron chi connectivity index (χ4n) is 3.88. The highest BCUT2D eigenvalue weighted by atomic mass is 16.5. The molecule has 0 bridgehead atoms. The van der Waals surface area contributed by atoms with E-state index >= 15 is 0 Å². The molecule has 3 rings (SSSR count). The molecular formula is C20H24N2O6. The number of hydrogen-bond acceptors (Lipinski definition) is 6. The van der Waals surface area contributed by atoms with Gasteiger partial charge in [-0.1, -0.05) is 31.9 Å². The summed E-state index contributed by atoms with van der Waals surface area (Å²) in [5, 5.41) is 2.80. The number of nitrogens with one attached hydrogen (secondary N) is 1. The van der Waals surface area contributed by atoms with Gasteiger partial charge < -0.3 is 14.8 Å². The summed E-state index contributed by atoms with van der Waals surface area (Å²) in [7, 11) is 1.28. The van der Waals surface area contributed by atoms with E-state index in [-0.39, 0.29) is 18.4 Å². The highest BCUT2D eigenvalue weighted by molar-refractivity contribution is 6.09. The van der Waals surface area contributed by atoms with Crippen LogP contribution in [0.4, 0.5) is 4.79 Å². The average Bonchev–Trinajstić information content (AvgIpc) is 2.93. The third-order valence-electron chi connectivity index (χ3n) is 5.54. The Kier molecular flexibility index (Phi) is 5.67. The Morgan fingerprint density at radius 2 is 2.07 bits per heavy atom. The van der Waals surface area contributed by atoms with Crippen molar-refractivity contribution in [1.82, 2.24) is 10.2 Å². The molecule has 1 heterocycles. The molecule has 28 heavy (non-hydrogen) atoms. The second-order valence-corrected chi connectivity index (χ2v) is 7.29. The number of ether oxygens (including phenoxy) is 2. The third-order valence-corrected chi connectivity index (χ3v) is 5.54. The van der Waals surface area contributed by atoms with Gasteiger partial charge in [0.15, 0.2) is 0 Å². The van der Waals surface area contributed by atoms with Gasteiger partial charge in [0.25, 0.3) is 5.91 Å². The van der Waals surface area contributed by atoms with Crippen LogP contribution in [0.1, 0.15) is 48.5 Å². The van der Waals surface area contributed by atoms with E-state index in [0.29, 0.717) is 17.5 Å². The van der Waals surface area contributed by atoms with Crippen LogP contribution in [0.15, 0.2) is 24.3 Å². The molecule has 1 spiro atoms. The molecule has 2 fully saturated rings. The Balaban J connectivity index is 1.60. The number of methoxy groups -OCH3 is 1. The van der Waals surface area contributed by atoms with E-state index in [2.05, 4.69) is 10.1 Å². The maximum atomic E-state index is 12.8. The molecule has 3 amide bonds. The Morgan fingerprint density at radius 3 is 2.79 bits per heavy atom. The van der Waals surface area contributed by atoms with E-state index in [1.165, 1.54) is 7.11 Å². The number of hydrogen-bond donors (Lipinski definition) is 1. The largest absolute Gasteiger partial charge is 0.465 e. The molecule has 0 aromatic heterocycles. The lowest BCUT2D eigenvalue weighted by Gasteiger charge is -2.36. The normalized spacial score (nSPS) is 24.2. The fraction of sp³-hybridized carbons (Fsp3) is 0.500. The second kappa shape index (κ2) is 8.00. The molecule has 1 aliphatic carbocycles. The molecule has 1 saturated carbocycles. The minimum absolute atomic E-state index is 0.0276. The van der Waals surface area contributed by atoms with Crippen LogP contribution in [0.25, 0.3) is 0 Å². The lowest BCUT2D eigenvalue weighted by molar-refractivity contribution is -0.149. The van der Waals surface area contributed by atoms with Crippen molar-refractivity contribution in [1.29, 1.82) is 0 Å². The zero-order valence-corrected chi connectivity index (χ0v) is 16.0. The summed E-state index contributed by atoms with van der Waals surface area (Å²) in [6, 6.07) is 5.96. The Morgan fingerprint density at radius 1 is 1.29 bits per heavy atom. The zero-order chi connectivity index (χ0) is 20.3. The number of carbonyl (C=O) groups is 4. The highest BCUT2D eigenvalue weighted by Crippen LogP contribution is 2.38. The number of nitrogens with zero attached hydrogens (tertiary/aromatic N) is 1. The molecule has 1 aromatic carbocycles. The van der Waals surface area contributed by atoms with Crippen LogP contribution >= 0.6 is 0 Å². The molecule has 2 aliphatic rings. The Hall–Kier alpha value is -2.90. The minimum Gasteiger partial charge on any atom is -0.465 e. The van der Waals surface area contributed by atoms with Crippen LogP contribution < -0.4 is 5.32 Å². The van der Waals surface area contributed by atoms with Crippen LogP contribution in [0.2, 0.25) is 0 Å². The summed E-state index contributed by atoms with van der Waals surface area (Å²) in [5.74, 6) is -1.50. The van der Waals surface area contributed by atoms with Gasteiger partial charge in [0.1, 0.15) is 18.7 Å². The molecule has 1 N–H and O–H groups in total. The average molecular weight is 388 g/mol. The van der Waals surface area contributed by atoms with E-state index in [9.17, 15) is 19.2 Å². The summed E-state index contributed by atoms with van der Waals surface area (Å²) in [6.07, 6.45) is 3.34. The lowest BCUT2D eigenvalue weighted by atomic mass is 9.73. The monoisotopic (exact) mass is 388 g/mol. The zero-order valence-electron chi connectivity index (χ0n) is 16.0. The van der Waals surface area contributed by atoms with Crippen LogP contribution in [0, 0.1) is 5.92 Å². The quantitative estimate of drug-likeness (QED) is 0.612. The molecule has 2 atom stereocenters. The van der Waals surface area contributed by atoms with Gasteiger partial charge >= 0.3 is 18.0 Å². The van der Waals surface area contributed by atoms with Crippen molar-refractivity contribution in [3.05, 3.63) is 35.4 Å². The SMILES string of the molecule is COC(=O)c1cccc(COC(=O)CN2C(=O)N[C@@]3(CCCC[C@H]3C)C2=O)c1. The first-order valence-electron chi connectivity index (χ1n) is 9.34. The molecule has 8 nitrogen and oxygen atoms in total. The smallest absolute Gasteiger partial charge is 0.337 e. The summed E-state index contributed by atoms with van der Waals surface area (Å²) >= 11 is 0. The van der Waals surface area contributed by atoms with Crippen molar-refractivity contribution in [2.45, 2.75) is 44.8 Å². The van der Waals surface area contributed by atoms with Crippen molar-refractivity contribution >= 4 is 23.9 Å². The molecule has 8 heteroatoms. The van der Waals surface area contributed by atoms with E-state index in [0.717, 1.165) is 24.2 Å².